The third kappa shape index (κ3) is 6.87. The lowest BCUT2D eigenvalue weighted by molar-refractivity contribution is -0.138. The molecule has 0 saturated carbocycles. The van der Waals surface area contributed by atoms with Crippen LogP contribution < -0.4 is 0 Å². The zero-order valence-corrected chi connectivity index (χ0v) is 11.0. The Kier molecular flexibility index (Phi) is 6.52. The van der Waals surface area contributed by atoms with E-state index in [2.05, 4.69) is 4.74 Å². The normalized spacial score (nSPS) is 11.4. The number of hydrogen-bond donors (Lipinski definition) is 1. The highest BCUT2D eigenvalue weighted by Crippen LogP contribution is 2.36. The Hall–Kier alpha value is -1.93. The van der Waals surface area contributed by atoms with Gasteiger partial charge in [0.2, 0.25) is 0 Å². The molecule has 0 fully saturated rings. The van der Waals surface area contributed by atoms with Crippen LogP contribution in [0, 0.1) is 0 Å². The number of hydrogen-bond acceptors (Lipinski definition) is 3. The van der Waals surface area contributed by atoms with Gasteiger partial charge in [0.25, 0.3) is 0 Å². The molecule has 1 rings (SSSR count). The predicted octanol–water partition coefficient (Wildman–Crippen LogP) is 4.16. The molecule has 0 aliphatic carbocycles. The van der Waals surface area contributed by atoms with Crippen molar-refractivity contribution in [3.63, 3.8) is 0 Å². The maximum absolute atomic E-state index is 12.3. The van der Waals surface area contributed by atoms with Crippen LogP contribution in [-0.2, 0) is 10.9 Å². The van der Waals surface area contributed by atoms with Crippen molar-refractivity contribution in [1.82, 2.24) is 0 Å². The maximum Gasteiger partial charge on any atom is 0.419 e. The van der Waals surface area contributed by atoms with E-state index in [9.17, 15) is 31.1 Å². The number of phenolic OH excluding ortho intramolecular Hbond substituents is 1. The SMILES string of the molecule is CCC(F)(F)F.COC(=O)c1ccc(O)c(C(F)(F)F)c1. The lowest BCUT2D eigenvalue weighted by Crippen LogP contribution is -2.08. The van der Waals surface area contributed by atoms with E-state index >= 15 is 0 Å². The topological polar surface area (TPSA) is 46.5 Å². The number of ether oxygens (including phenoxy) is 1. The Labute approximate surface area is 116 Å². The third-order valence-electron chi connectivity index (χ3n) is 2.12. The first-order chi connectivity index (χ1) is 9.42. The molecule has 9 heteroatoms. The number of carbonyl (C=O) groups excluding carboxylic acids is 1. The number of aromatic hydroxyl groups is 1. The van der Waals surface area contributed by atoms with E-state index in [1.165, 1.54) is 0 Å². The number of esters is 1. The van der Waals surface area contributed by atoms with Gasteiger partial charge in [0.15, 0.2) is 0 Å². The molecule has 0 spiro atoms. The Balaban J connectivity index is 0.000000567. The van der Waals surface area contributed by atoms with Gasteiger partial charge in [-0.3, -0.25) is 0 Å². The summed E-state index contributed by atoms with van der Waals surface area (Å²) in [6.07, 6.45) is -9.39. The smallest absolute Gasteiger partial charge is 0.419 e. The minimum atomic E-state index is -4.70. The summed E-state index contributed by atoms with van der Waals surface area (Å²) in [5.74, 6) is -1.81. The fourth-order valence-corrected chi connectivity index (χ4v) is 1.01. The maximum atomic E-state index is 12.3. The Bertz CT molecular complexity index is 479. The summed E-state index contributed by atoms with van der Waals surface area (Å²) >= 11 is 0. The number of alkyl halides is 6. The van der Waals surface area contributed by atoms with E-state index in [0.717, 1.165) is 26.2 Å². The van der Waals surface area contributed by atoms with Gasteiger partial charge in [-0.05, 0) is 18.2 Å². The second-order valence-corrected chi connectivity index (χ2v) is 3.69. The molecule has 0 aromatic heterocycles. The van der Waals surface area contributed by atoms with Crippen LogP contribution in [0.4, 0.5) is 26.3 Å². The molecular formula is C12H12F6O3. The third-order valence-corrected chi connectivity index (χ3v) is 2.12. The zero-order valence-electron chi connectivity index (χ0n) is 11.0. The predicted molar refractivity (Wildman–Crippen MR) is 60.8 cm³/mol. The molecule has 0 aliphatic rings. The van der Waals surface area contributed by atoms with Gasteiger partial charge < -0.3 is 9.84 Å². The molecule has 1 N–H and O–H groups in total. The molecular weight excluding hydrogens is 306 g/mol. The van der Waals surface area contributed by atoms with Gasteiger partial charge in [-0.25, -0.2) is 4.79 Å². The van der Waals surface area contributed by atoms with Crippen LogP contribution in [0.1, 0.15) is 29.3 Å². The molecule has 1 aromatic carbocycles. The van der Waals surface area contributed by atoms with E-state index in [4.69, 9.17) is 5.11 Å². The monoisotopic (exact) mass is 318 g/mol. The molecule has 0 amide bonds. The largest absolute Gasteiger partial charge is 0.507 e. The van der Waals surface area contributed by atoms with Crippen LogP contribution in [0.5, 0.6) is 5.75 Å². The highest BCUT2D eigenvalue weighted by molar-refractivity contribution is 5.89. The van der Waals surface area contributed by atoms with Crippen molar-refractivity contribution < 1.29 is 41.0 Å². The van der Waals surface area contributed by atoms with Crippen molar-refractivity contribution in [1.29, 1.82) is 0 Å². The fourth-order valence-electron chi connectivity index (χ4n) is 1.01. The second-order valence-electron chi connectivity index (χ2n) is 3.69. The van der Waals surface area contributed by atoms with Gasteiger partial charge in [0.05, 0.1) is 18.2 Å². The molecule has 120 valence electrons. The van der Waals surface area contributed by atoms with E-state index in [1.807, 2.05) is 0 Å². The highest BCUT2D eigenvalue weighted by Gasteiger charge is 2.34. The summed E-state index contributed by atoms with van der Waals surface area (Å²) < 4.78 is 73.5. The van der Waals surface area contributed by atoms with Crippen LogP contribution in [0.3, 0.4) is 0 Å². The number of rotatable bonds is 1. The van der Waals surface area contributed by atoms with Crippen LogP contribution in [0.25, 0.3) is 0 Å². The van der Waals surface area contributed by atoms with Crippen molar-refractivity contribution in [2.75, 3.05) is 7.11 Å². The molecule has 0 unspecified atom stereocenters. The van der Waals surface area contributed by atoms with Gasteiger partial charge in [0.1, 0.15) is 5.75 Å². The zero-order chi connectivity index (χ0) is 16.8. The molecule has 0 heterocycles. The van der Waals surface area contributed by atoms with E-state index in [0.29, 0.717) is 6.07 Å². The molecule has 0 saturated heterocycles. The highest BCUT2D eigenvalue weighted by atomic mass is 19.4. The number of carbonyl (C=O) groups is 1. The van der Waals surface area contributed by atoms with Crippen molar-refractivity contribution in [3.8, 4) is 5.75 Å². The van der Waals surface area contributed by atoms with Crippen LogP contribution in [0.2, 0.25) is 0 Å². The number of benzene rings is 1. The Morgan fingerprint density at radius 2 is 1.67 bits per heavy atom. The average Bonchev–Trinajstić information content (AvgIpc) is 2.37. The average molecular weight is 318 g/mol. The summed E-state index contributed by atoms with van der Waals surface area (Å²) in [5.41, 5.74) is -1.52. The Morgan fingerprint density at radius 3 is 2.00 bits per heavy atom. The molecule has 0 atom stereocenters. The van der Waals surface area contributed by atoms with Crippen LogP contribution >= 0.6 is 0 Å². The molecule has 1 aromatic rings. The van der Waals surface area contributed by atoms with Crippen molar-refractivity contribution in [2.45, 2.75) is 25.7 Å². The molecule has 0 aliphatic heterocycles. The summed E-state index contributed by atoms with van der Waals surface area (Å²) in [6, 6.07) is 2.40. The molecule has 0 radical (unpaired) electrons. The standard InChI is InChI=1S/C9H7F3O3.C3H5F3/c1-15-8(14)5-2-3-7(13)6(4-5)9(10,11)12;1-2-3(4,5)6/h2-4,13H,1H3;2H2,1H3. The second kappa shape index (κ2) is 7.19. The first kappa shape index (κ1) is 19.1. The first-order valence-corrected chi connectivity index (χ1v) is 5.47. The minimum Gasteiger partial charge on any atom is -0.507 e. The van der Waals surface area contributed by atoms with E-state index in [1.54, 1.807) is 0 Å². The quantitative estimate of drug-likeness (QED) is 0.625. The Morgan fingerprint density at radius 1 is 1.19 bits per heavy atom. The number of phenols is 1. The van der Waals surface area contributed by atoms with Crippen LogP contribution in [-0.4, -0.2) is 24.4 Å². The summed E-state index contributed by atoms with van der Waals surface area (Å²) in [5, 5.41) is 8.95. The summed E-state index contributed by atoms with van der Waals surface area (Å²) in [6.45, 7) is 1.08. The van der Waals surface area contributed by atoms with Gasteiger partial charge in [-0.1, -0.05) is 6.92 Å². The molecule has 21 heavy (non-hydrogen) atoms. The molecule has 0 bridgehead atoms. The van der Waals surface area contributed by atoms with E-state index < -0.39 is 36.1 Å². The first-order valence-electron chi connectivity index (χ1n) is 5.47. The lowest BCUT2D eigenvalue weighted by Gasteiger charge is -2.09. The molecule has 3 nitrogen and oxygen atoms in total. The van der Waals surface area contributed by atoms with Crippen molar-refractivity contribution in [2.24, 2.45) is 0 Å². The van der Waals surface area contributed by atoms with Gasteiger partial charge >= 0.3 is 18.3 Å². The van der Waals surface area contributed by atoms with Crippen molar-refractivity contribution >= 4 is 5.97 Å². The number of halogens is 6. The lowest BCUT2D eigenvalue weighted by atomic mass is 10.1. The number of methoxy groups -OCH3 is 1. The summed E-state index contributed by atoms with van der Waals surface area (Å²) in [7, 11) is 1.06. The summed E-state index contributed by atoms with van der Waals surface area (Å²) in [4.78, 5) is 10.9. The van der Waals surface area contributed by atoms with Crippen molar-refractivity contribution in [3.05, 3.63) is 29.3 Å². The minimum absolute atomic E-state index is 0.261. The van der Waals surface area contributed by atoms with Gasteiger partial charge in [-0.2, -0.15) is 26.3 Å². The van der Waals surface area contributed by atoms with E-state index in [-0.39, 0.29) is 5.56 Å². The van der Waals surface area contributed by atoms with Gasteiger partial charge in [0, 0.05) is 6.42 Å². The van der Waals surface area contributed by atoms with Crippen LogP contribution in [0.15, 0.2) is 18.2 Å². The fraction of sp³-hybridized carbons (Fsp3) is 0.417. The van der Waals surface area contributed by atoms with Gasteiger partial charge in [-0.15, -0.1) is 0 Å².